The van der Waals surface area contributed by atoms with Gasteiger partial charge in [0.05, 0.1) is 6.61 Å². The zero-order chi connectivity index (χ0) is 11.3. The lowest BCUT2D eigenvalue weighted by Crippen LogP contribution is -2.35. The van der Waals surface area contributed by atoms with Crippen molar-refractivity contribution in [1.82, 2.24) is 10.6 Å². The van der Waals surface area contributed by atoms with Crippen molar-refractivity contribution >= 4 is 6.09 Å². The van der Waals surface area contributed by atoms with Crippen LogP contribution in [0.15, 0.2) is 0 Å². The highest BCUT2D eigenvalue weighted by Gasteiger charge is 2.28. The molecule has 15 heavy (non-hydrogen) atoms. The van der Waals surface area contributed by atoms with E-state index in [1.54, 1.807) is 5.32 Å². The van der Waals surface area contributed by atoms with E-state index in [-0.39, 0.29) is 12.5 Å². The molecule has 88 valence electrons. The smallest absolute Gasteiger partial charge is 0.407 e. The summed E-state index contributed by atoms with van der Waals surface area (Å²) in [6, 6.07) is 0. The van der Waals surface area contributed by atoms with Crippen LogP contribution in [0.2, 0.25) is 0 Å². The molecule has 1 fully saturated rings. The third kappa shape index (κ3) is 5.46. The van der Waals surface area contributed by atoms with Crippen LogP contribution < -0.4 is 10.6 Å². The van der Waals surface area contributed by atoms with Gasteiger partial charge in [-0.3, -0.25) is 0 Å². The molecule has 0 saturated carbocycles. The van der Waals surface area contributed by atoms with Gasteiger partial charge in [-0.15, -0.1) is 0 Å². The van der Waals surface area contributed by atoms with Crippen LogP contribution in [-0.2, 0) is 4.74 Å². The Kier molecular flexibility index (Phi) is 4.19. The average Bonchev–Trinajstić information content (AvgIpc) is 2.62. The molecule has 1 unspecified atom stereocenters. The van der Waals surface area contributed by atoms with Crippen LogP contribution in [0.25, 0.3) is 0 Å². The summed E-state index contributed by atoms with van der Waals surface area (Å²) in [4.78, 5) is 10.8. The number of halogens is 3. The maximum Gasteiger partial charge on any atom is 0.407 e. The van der Waals surface area contributed by atoms with Crippen molar-refractivity contribution in [1.29, 1.82) is 0 Å². The zero-order valence-corrected chi connectivity index (χ0v) is 8.06. The van der Waals surface area contributed by atoms with E-state index in [1.165, 1.54) is 0 Å². The van der Waals surface area contributed by atoms with Crippen molar-refractivity contribution < 1.29 is 22.7 Å². The fraction of sp³-hybridized carbons (Fsp3) is 0.875. The molecule has 1 amide bonds. The fourth-order valence-corrected chi connectivity index (χ4v) is 1.27. The summed E-state index contributed by atoms with van der Waals surface area (Å²) in [5.41, 5.74) is 0. The molecule has 2 N–H and O–H groups in total. The van der Waals surface area contributed by atoms with E-state index in [4.69, 9.17) is 0 Å². The van der Waals surface area contributed by atoms with Crippen LogP contribution >= 0.6 is 0 Å². The van der Waals surface area contributed by atoms with Crippen LogP contribution in [0.1, 0.15) is 6.42 Å². The van der Waals surface area contributed by atoms with Crippen LogP contribution in [0.5, 0.6) is 0 Å². The number of alkyl carbamates (subject to hydrolysis) is 1. The van der Waals surface area contributed by atoms with Gasteiger partial charge >= 0.3 is 12.3 Å². The minimum Gasteiger partial charge on any atom is -0.449 e. The lowest BCUT2D eigenvalue weighted by Gasteiger charge is -2.11. The summed E-state index contributed by atoms with van der Waals surface area (Å²) in [6.45, 7) is 0.413. The number of carbonyl (C=O) groups is 1. The summed E-state index contributed by atoms with van der Waals surface area (Å²) < 4.78 is 39.7. The molecule has 1 aliphatic rings. The van der Waals surface area contributed by atoms with Crippen molar-refractivity contribution in [3.63, 3.8) is 0 Å². The first-order valence-electron chi connectivity index (χ1n) is 4.65. The number of hydrogen-bond donors (Lipinski definition) is 2. The normalized spacial score (nSPS) is 21.4. The Balaban J connectivity index is 2.08. The standard InChI is InChI=1S/C8H13F3N2O2/c9-8(10,11)5-13-7(14)15-4-6-1-2-12-3-6/h6,12H,1-5H2,(H,13,14). The van der Waals surface area contributed by atoms with Gasteiger partial charge in [0, 0.05) is 12.5 Å². The van der Waals surface area contributed by atoms with Gasteiger partial charge in [-0.05, 0) is 13.0 Å². The maximum absolute atomic E-state index is 11.7. The van der Waals surface area contributed by atoms with E-state index in [1.807, 2.05) is 0 Å². The van der Waals surface area contributed by atoms with Gasteiger partial charge in [0.25, 0.3) is 0 Å². The monoisotopic (exact) mass is 226 g/mol. The summed E-state index contributed by atoms with van der Waals surface area (Å²) >= 11 is 0. The predicted octanol–water partition coefficient (Wildman–Crippen LogP) is 0.884. The molecule has 7 heteroatoms. The van der Waals surface area contributed by atoms with E-state index >= 15 is 0 Å². The van der Waals surface area contributed by atoms with Crippen molar-refractivity contribution in [2.45, 2.75) is 12.6 Å². The minimum atomic E-state index is -4.39. The predicted molar refractivity (Wildman–Crippen MR) is 46.4 cm³/mol. The third-order valence-corrected chi connectivity index (χ3v) is 2.05. The molecule has 1 rings (SSSR count). The molecule has 0 bridgehead atoms. The molecule has 1 atom stereocenters. The van der Waals surface area contributed by atoms with Gasteiger partial charge in [0.2, 0.25) is 0 Å². The molecular weight excluding hydrogens is 213 g/mol. The van der Waals surface area contributed by atoms with E-state index < -0.39 is 18.8 Å². The quantitative estimate of drug-likeness (QED) is 0.751. The molecule has 0 spiro atoms. The van der Waals surface area contributed by atoms with Crippen molar-refractivity contribution in [3.8, 4) is 0 Å². The Morgan fingerprint density at radius 1 is 1.53 bits per heavy atom. The molecule has 4 nitrogen and oxygen atoms in total. The number of amides is 1. The topological polar surface area (TPSA) is 50.4 Å². The van der Waals surface area contributed by atoms with E-state index in [0.717, 1.165) is 19.5 Å². The van der Waals surface area contributed by atoms with Crippen LogP contribution in [0.3, 0.4) is 0 Å². The van der Waals surface area contributed by atoms with Crippen LogP contribution in [0.4, 0.5) is 18.0 Å². The highest BCUT2D eigenvalue weighted by Crippen LogP contribution is 2.12. The second-order valence-corrected chi connectivity index (χ2v) is 3.43. The first-order valence-corrected chi connectivity index (χ1v) is 4.65. The minimum absolute atomic E-state index is 0.163. The highest BCUT2D eigenvalue weighted by molar-refractivity contribution is 5.67. The first kappa shape index (κ1) is 12.1. The van der Waals surface area contributed by atoms with Gasteiger partial charge in [-0.2, -0.15) is 13.2 Å². The molecule has 0 aliphatic carbocycles. The molecule has 1 heterocycles. The SMILES string of the molecule is O=C(NCC(F)(F)F)OCC1CCNC1. The molecule has 1 saturated heterocycles. The molecule has 0 aromatic rings. The number of nitrogens with one attached hydrogen (secondary N) is 2. The number of hydrogen-bond acceptors (Lipinski definition) is 3. The average molecular weight is 226 g/mol. The van der Waals surface area contributed by atoms with Crippen molar-refractivity contribution in [2.75, 3.05) is 26.2 Å². The van der Waals surface area contributed by atoms with Gasteiger partial charge < -0.3 is 15.4 Å². The number of rotatable bonds is 3. The van der Waals surface area contributed by atoms with Crippen molar-refractivity contribution in [3.05, 3.63) is 0 Å². The summed E-state index contributed by atoms with van der Waals surface area (Å²) in [6.07, 6.45) is -4.53. The van der Waals surface area contributed by atoms with Gasteiger partial charge in [0.15, 0.2) is 0 Å². The third-order valence-electron chi connectivity index (χ3n) is 2.05. The number of alkyl halides is 3. The number of carbonyl (C=O) groups excluding carboxylic acids is 1. The van der Waals surface area contributed by atoms with E-state index in [0.29, 0.717) is 0 Å². The molecule has 0 aromatic heterocycles. The second-order valence-electron chi connectivity index (χ2n) is 3.43. The molecular formula is C8H13F3N2O2. The van der Waals surface area contributed by atoms with Gasteiger partial charge in [0.1, 0.15) is 6.54 Å². The van der Waals surface area contributed by atoms with Crippen molar-refractivity contribution in [2.24, 2.45) is 5.92 Å². The Bertz CT molecular complexity index is 214. The van der Waals surface area contributed by atoms with Gasteiger partial charge in [-0.25, -0.2) is 4.79 Å². The summed E-state index contributed by atoms with van der Waals surface area (Å²) in [5.74, 6) is 0.210. The molecule has 1 aliphatic heterocycles. The Morgan fingerprint density at radius 2 is 2.27 bits per heavy atom. The fourth-order valence-electron chi connectivity index (χ4n) is 1.27. The largest absolute Gasteiger partial charge is 0.449 e. The molecule has 0 aromatic carbocycles. The second kappa shape index (κ2) is 5.20. The Labute approximate surface area is 85.2 Å². The van der Waals surface area contributed by atoms with Crippen LogP contribution in [0, 0.1) is 5.92 Å². The Morgan fingerprint density at radius 3 is 2.80 bits per heavy atom. The molecule has 0 radical (unpaired) electrons. The summed E-state index contributed by atoms with van der Waals surface area (Å²) in [7, 11) is 0. The summed E-state index contributed by atoms with van der Waals surface area (Å²) in [5, 5.41) is 4.70. The first-order chi connectivity index (χ1) is 6.97. The maximum atomic E-state index is 11.7. The van der Waals surface area contributed by atoms with Crippen LogP contribution in [-0.4, -0.2) is 38.5 Å². The lowest BCUT2D eigenvalue weighted by atomic mass is 10.1. The number of ether oxygens (including phenoxy) is 1. The zero-order valence-electron chi connectivity index (χ0n) is 8.06. The lowest BCUT2D eigenvalue weighted by molar-refractivity contribution is -0.123. The van der Waals surface area contributed by atoms with E-state index in [9.17, 15) is 18.0 Å². The van der Waals surface area contributed by atoms with E-state index in [2.05, 4.69) is 10.1 Å². The highest BCUT2D eigenvalue weighted by atomic mass is 19.4. The Hall–Kier alpha value is -0.980. The van der Waals surface area contributed by atoms with Gasteiger partial charge in [-0.1, -0.05) is 0 Å².